The summed E-state index contributed by atoms with van der Waals surface area (Å²) in [4.78, 5) is 14.7. The Kier molecular flexibility index (Phi) is 5.01. The normalized spacial score (nSPS) is 12.2. The Bertz CT molecular complexity index is 292. The van der Waals surface area contributed by atoms with Crippen LogP contribution >= 0.6 is 0 Å². The first kappa shape index (κ1) is 12.2. The number of nitrogens with zero attached hydrogens (tertiary/aromatic N) is 1. The lowest BCUT2D eigenvalue weighted by atomic mass is 10.3. The first-order valence-electron chi connectivity index (χ1n) is 3.94. The van der Waals surface area contributed by atoms with Crippen LogP contribution in [0.4, 0.5) is 0 Å². The molecule has 6 heteroatoms. The summed E-state index contributed by atoms with van der Waals surface area (Å²) >= 11 is 0. The minimum absolute atomic E-state index is 0.195. The van der Waals surface area contributed by atoms with Crippen LogP contribution in [0.1, 0.15) is 13.8 Å². The molecule has 0 saturated carbocycles. The van der Waals surface area contributed by atoms with Gasteiger partial charge in [0, 0.05) is 13.1 Å². The number of rotatable bonds is 4. The number of carbonyl (C=O) groups is 1. The van der Waals surface area contributed by atoms with E-state index in [1.807, 2.05) is 0 Å². The highest BCUT2D eigenvalue weighted by molar-refractivity contribution is 5.75. The Balaban J connectivity index is 4.94. The fourth-order valence-corrected chi connectivity index (χ4v) is 0.686. The molecule has 6 nitrogen and oxygen atoms in total. The van der Waals surface area contributed by atoms with Crippen molar-refractivity contribution >= 4 is 12.1 Å². The van der Waals surface area contributed by atoms with Crippen molar-refractivity contribution in [3.05, 3.63) is 23.8 Å². The van der Waals surface area contributed by atoms with Crippen LogP contribution in [0, 0.1) is 0 Å². The third kappa shape index (κ3) is 3.72. The average Bonchev–Trinajstić information content (AvgIpc) is 2.14. The van der Waals surface area contributed by atoms with Crippen molar-refractivity contribution in [3.63, 3.8) is 0 Å². The van der Waals surface area contributed by atoms with E-state index in [4.69, 9.17) is 11.6 Å². The number of nitrogens with one attached hydrogen (secondary N) is 2. The summed E-state index contributed by atoms with van der Waals surface area (Å²) in [7, 11) is 0. The second kappa shape index (κ2) is 5.76. The van der Waals surface area contributed by atoms with Gasteiger partial charge in [-0.3, -0.25) is 10.6 Å². The zero-order chi connectivity index (χ0) is 11.1. The molecule has 0 unspecified atom stereocenters. The highest BCUT2D eigenvalue weighted by atomic mass is 16.1. The molecular weight excluding hydrogens is 182 g/mol. The summed E-state index contributed by atoms with van der Waals surface area (Å²) < 4.78 is 0. The fraction of sp³-hybridized carbons (Fsp3) is 0.250. The molecule has 78 valence electrons. The number of hydrogen-bond acceptors (Lipinski definition) is 5. The van der Waals surface area contributed by atoms with Gasteiger partial charge in [0.25, 0.3) is 0 Å². The van der Waals surface area contributed by atoms with Gasteiger partial charge in [0.1, 0.15) is 0 Å². The molecule has 0 saturated heterocycles. The van der Waals surface area contributed by atoms with Crippen molar-refractivity contribution in [1.29, 1.82) is 0 Å². The Morgan fingerprint density at radius 1 is 1.57 bits per heavy atom. The molecule has 0 aromatic rings. The maximum absolute atomic E-state index is 10.8. The van der Waals surface area contributed by atoms with Crippen molar-refractivity contribution in [2.24, 2.45) is 16.6 Å². The van der Waals surface area contributed by atoms with E-state index in [0.717, 1.165) is 0 Å². The molecule has 6 N–H and O–H groups in total. The molecule has 0 heterocycles. The van der Waals surface area contributed by atoms with Gasteiger partial charge in [-0.05, 0) is 6.92 Å². The maximum Gasteiger partial charge on any atom is 0.222 e. The van der Waals surface area contributed by atoms with E-state index in [1.165, 1.54) is 13.1 Å². The Labute approximate surface area is 82.7 Å². The van der Waals surface area contributed by atoms with Gasteiger partial charge in [0.05, 0.1) is 11.4 Å². The van der Waals surface area contributed by atoms with Gasteiger partial charge in [-0.15, -0.1) is 0 Å². The van der Waals surface area contributed by atoms with Crippen molar-refractivity contribution in [2.45, 2.75) is 13.8 Å². The van der Waals surface area contributed by atoms with Crippen LogP contribution < -0.4 is 22.3 Å². The maximum atomic E-state index is 10.8. The predicted molar refractivity (Wildman–Crippen MR) is 55.7 cm³/mol. The molecule has 0 fully saturated rings. The van der Waals surface area contributed by atoms with E-state index in [-0.39, 0.29) is 17.4 Å². The van der Waals surface area contributed by atoms with Crippen LogP contribution in [0.15, 0.2) is 28.8 Å². The van der Waals surface area contributed by atoms with Gasteiger partial charge in [-0.1, -0.05) is 6.58 Å². The highest BCUT2D eigenvalue weighted by Gasteiger charge is 2.05. The van der Waals surface area contributed by atoms with Gasteiger partial charge in [0.15, 0.2) is 5.82 Å². The summed E-state index contributed by atoms with van der Waals surface area (Å²) in [6.45, 7) is 6.60. The zero-order valence-electron chi connectivity index (χ0n) is 8.29. The lowest BCUT2D eigenvalue weighted by Gasteiger charge is -2.09. The molecular formula is C8H15N5O. The summed E-state index contributed by atoms with van der Waals surface area (Å²) in [5.74, 6) is 5.07. The van der Waals surface area contributed by atoms with Gasteiger partial charge >= 0.3 is 0 Å². The van der Waals surface area contributed by atoms with Gasteiger partial charge < -0.3 is 16.5 Å². The first-order valence-corrected chi connectivity index (χ1v) is 3.94. The average molecular weight is 197 g/mol. The largest absolute Gasteiger partial charge is 0.394 e. The molecule has 0 aromatic carbocycles. The van der Waals surface area contributed by atoms with Crippen LogP contribution in [-0.2, 0) is 4.79 Å². The van der Waals surface area contributed by atoms with Crippen molar-refractivity contribution in [3.8, 4) is 0 Å². The molecule has 0 aliphatic rings. The van der Waals surface area contributed by atoms with Crippen molar-refractivity contribution < 1.29 is 4.79 Å². The number of nitrogens with two attached hydrogens (primary N) is 2. The van der Waals surface area contributed by atoms with Crippen LogP contribution in [0.2, 0.25) is 0 Å². The summed E-state index contributed by atoms with van der Waals surface area (Å²) in [6, 6.07) is 0. The Hall–Kier alpha value is -1.82. The van der Waals surface area contributed by atoms with E-state index in [1.54, 1.807) is 6.92 Å². The van der Waals surface area contributed by atoms with E-state index in [0.29, 0.717) is 5.70 Å². The molecule has 0 radical (unpaired) electrons. The van der Waals surface area contributed by atoms with Crippen LogP contribution in [0.5, 0.6) is 0 Å². The van der Waals surface area contributed by atoms with Crippen LogP contribution in [0.25, 0.3) is 0 Å². The quantitative estimate of drug-likeness (QED) is 0.207. The first-order chi connectivity index (χ1) is 6.52. The molecule has 0 rings (SSSR count). The summed E-state index contributed by atoms with van der Waals surface area (Å²) in [5.41, 5.74) is 8.38. The lowest BCUT2D eigenvalue weighted by molar-refractivity contribution is -0.118. The van der Waals surface area contributed by atoms with Gasteiger partial charge in [-0.25, -0.2) is 4.99 Å². The molecule has 0 atom stereocenters. The standard InChI is InChI=1S/C8H15N5O/c1-4-11-8(12-6(3)14)7(9)5(2)13-10/h4,13H,2,9-10H2,1,3H3,(H,12,14)/b8-7+,11-4-. The minimum Gasteiger partial charge on any atom is -0.394 e. The van der Waals surface area contributed by atoms with Gasteiger partial charge in [0.2, 0.25) is 5.91 Å². The molecule has 1 amide bonds. The summed E-state index contributed by atoms with van der Waals surface area (Å²) in [5, 5.41) is 2.46. The fourth-order valence-electron chi connectivity index (χ4n) is 0.686. The van der Waals surface area contributed by atoms with Gasteiger partial charge in [-0.2, -0.15) is 0 Å². The van der Waals surface area contributed by atoms with Crippen molar-refractivity contribution in [1.82, 2.24) is 10.7 Å². The minimum atomic E-state index is -0.265. The zero-order valence-corrected chi connectivity index (χ0v) is 8.29. The summed E-state index contributed by atoms with van der Waals surface area (Å²) in [6.07, 6.45) is 1.50. The second-order valence-corrected chi connectivity index (χ2v) is 2.45. The number of amides is 1. The third-order valence-electron chi connectivity index (χ3n) is 1.31. The highest BCUT2D eigenvalue weighted by Crippen LogP contribution is 2.02. The number of hydrogen-bond donors (Lipinski definition) is 4. The molecule has 0 aliphatic carbocycles. The van der Waals surface area contributed by atoms with Crippen LogP contribution in [0.3, 0.4) is 0 Å². The SMILES string of the molecule is C=C(NN)/C(N)=C(/N=C\C)NC(C)=O. The van der Waals surface area contributed by atoms with E-state index < -0.39 is 0 Å². The van der Waals surface area contributed by atoms with E-state index in [9.17, 15) is 4.79 Å². The molecule has 14 heavy (non-hydrogen) atoms. The predicted octanol–water partition coefficient (Wildman–Crippen LogP) is -0.682. The van der Waals surface area contributed by atoms with Crippen molar-refractivity contribution in [2.75, 3.05) is 0 Å². The molecule has 0 bridgehead atoms. The smallest absolute Gasteiger partial charge is 0.222 e. The second-order valence-electron chi connectivity index (χ2n) is 2.45. The number of hydrazine groups is 1. The molecule has 0 spiro atoms. The Morgan fingerprint density at radius 3 is 2.50 bits per heavy atom. The monoisotopic (exact) mass is 197 g/mol. The molecule has 0 aliphatic heterocycles. The van der Waals surface area contributed by atoms with Crippen LogP contribution in [-0.4, -0.2) is 12.1 Å². The lowest BCUT2D eigenvalue weighted by Crippen LogP contribution is -2.29. The number of aliphatic imine (C=N–C) groups is 1. The Morgan fingerprint density at radius 2 is 2.14 bits per heavy atom. The third-order valence-corrected chi connectivity index (χ3v) is 1.31. The van der Waals surface area contributed by atoms with E-state index >= 15 is 0 Å². The topological polar surface area (TPSA) is 106 Å². The van der Waals surface area contributed by atoms with E-state index in [2.05, 4.69) is 22.3 Å². The number of carbonyl (C=O) groups excluding carboxylic acids is 1. The molecule has 0 aromatic heterocycles.